The Balaban J connectivity index is 2.54. The van der Waals surface area contributed by atoms with Gasteiger partial charge in [0, 0.05) is 5.56 Å². The molecule has 1 aromatic heterocycles. The predicted octanol–water partition coefficient (Wildman–Crippen LogP) is 2.21. The zero-order valence-electron chi connectivity index (χ0n) is 6.77. The van der Waals surface area contributed by atoms with Gasteiger partial charge in [0.05, 0.1) is 0 Å². The Hall–Kier alpha value is -2.08. The van der Waals surface area contributed by atoms with Gasteiger partial charge >= 0.3 is 0 Å². The van der Waals surface area contributed by atoms with Gasteiger partial charge in [0.1, 0.15) is 6.07 Å². The van der Waals surface area contributed by atoms with Crippen LogP contribution in [-0.4, -0.2) is 4.98 Å². The molecule has 1 heterocycles. The van der Waals surface area contributed by atoms with E-state index in [-0.39, 0.29) is 0 Å². The number of nitrogens with zero attached hydrogens (tertiary/aromatic N) is 2. The van der Waals surface area contributed by atoms with Crippen molar-refractivity contribution in [3.63, 3.8) is 0 Å². The lowest BCUT2D eigenvalue weighted by Gasteiger charge is -1.93. The van der Waals surface area contributed by atoms with Gasteiger partial charge in [-0.05, 0) is 0 Å². The highest BCUT2D eigenvalue weighted by atomic mass is 16.3. The minimum Gasteiger partial charge on any atom is -0.442 e. The van der Waals surface area contributed by atoms with E-state index in [4.69, 9.17) is 9.68 Å². The van der Waals surface area contributed by atoms with E-state index >= 15 is 0 Å². The number of oxazole rings is 1. The van der Waals surface area contributed by atoms with Crippen LogP contribution in [0.3, 0.4) is 0 Å². The van der Waals surface area contributed by atoms with E-state index in [9.17, 15) is 0 Å². The number of benzene rings is 1. The van der Waals surface area contributed by atoms with Crippen molar-refractivity contribution in [3.8, 4) is 17.4 Å². The number of rotatable bonds is 1. The number of aromatic nitrogens is 1. The summed E-state index contributed by atoms with van der Waals surface area (Å²) in [5.41, 5.74) is 1.20. The van der Waals surface area contributed by atoms with Crippen molar-refractivity contribution in [1.82, 2.24) is 4.98 Å². The second kappa shape index (κ2) is 3.11. The number of nitriles is 1. The SMILES string of the molecule is N#Cc1ncoc1-c1ccccc1. The van der Waals surface area contributed by atoms with E-state index in [1.54, 1.807) is 0 Å². The fraction of sp³-hybridized carbons (Fsp3) is 0. The van der Waals surface area contributed by atoms with Crippen LogP contribution in [0.1, 0.15) is 5.69 Å². The molecule has 13 heavy (non-hydrogen) atoms. The fourth-order valence-electron chi connectivity index (χ4n) is 1.12. The van der Waals surface area contributed by atoms with Crippen molar-refractivity contribution in [3.05, 3.63) is 42.4 Å². The van der Waals surface area contributed by atoms with Gasteiger partial charge in [0.15, 0.2) is 17.8 Å². The summed E-state index contributed by atoms with van der Waals surface area (Å²) < 4.78 is 5.11. The Morgan fingerprint density at radius 1 is 1.23 bits per heavy atom. The first-order chi connectivity index (χ1) is 6.42. The zero-order valence-corrected chi connectivity index (χ0v) is 6.77. The molecular formula is C10H6N2O. The largest absolute Gasteiger partial charge is 0.442 e. The van der Waals surface area contributed by atoms with Crippen LogP contribution < -0.4 is 0 Å². The molecule has 0 spiro atoms. The topological polar surface area (TPSA) is 49.8 Å². The third-order valence-corrected chi connectivity index (χ3v) is 1.71. The van der Waals surface area contributed by atoms with Crippen LogP contribution in [0, 0.1) is 11.3 Å². The summed E-state index contributed by atoms with van der Waals surface area (Å²) in [6.07, 6.45) is 1.28. The first kappa shape index (κ1) is 7.56. The second-order valence-electron chi connectivity index (χ2n) is 2.51. The summed E-state index contributed by atoms with van der Waals surface area (Å²) in [7, 11) is 0. The van der Waals surface area contributed by atoms with E-state index in [0.717, 1.165) is 5.56 Å². The Morgan fingerprint density at radius 2 is 2.00 bits per heavy atom. The smallest absolute Gasteiger partial charge is 0.187 e. The van der Waals surface area contributed by atoms with E-state index in [1.165, 1.54) is 6.39 Å². The summed E-state index contributed by atoms with van der Waals surface area (Å²) >= 11 is 0. The van der Waals surface area contributed by atoms with Crippen molar-refractivity contribution >= 4 is 0 Å². The molecule has 62 valence electrons. The molecule has 0 amide bonds. The highest BCUT2D eigenvalue weighted by Crippen LogP contribution is 2.21. The van der Waals surface area contributed by atoms with Gasteiger partial charge in [0.2, 0.25) is 0 Å². The molecule has 0 radical (unpaired) electrons. The molecule has 0 fully saturated rings. The van der Waals surface area contributed by atoms with Crippen molar-refractivity contribution in [2.24, 2.45) is 0 Å². The molecule has 0 aliphatic rings. The maximum absolute atomic E-state index is 8.70. The van der Waals surface area contributed by atoms with Gasteiger partial charge in [-0.25, -0.2) is 4.98 Å². The minimum absolute atomic E-state index is 0.325. The molecule has 0 saturated carbocycles. The average Bonchev–Trinajstić information content (AvgIpc) is 2.67. The van der Waals surface area contributed by atoms with Crippen LogP contribution in [0.25, 0.3) is 11.3 Å². The summed E-state index contributed by atoms with van der Waals surface area (Å²) in [5, 5.41) is 8.70. The predicted molar refractivity (Wildman–Crippen MR) is 46.7 cm³/mol. The van der Waals surface area contributed by atoms with Crippen molar-refractivity contribution in [1.29, 1.82) is 5.26 Å². The molecule has 0 aliphatic carbocycles. The van der Waals surface area contributed by atoms with Crippen molar-refractivity contribution in [2.45, 2.75) is 0 Å². The van der Waals surface area contributed by atoms with E-state index < -0.39 is 0 Å². The molecule has 2 rings (SSSR count). The lowest BCUT2D eigenvalue weighted by atomic mass is 10.1. The van der Waals surface area contributed by atoms with E-state index in [2.05, 4.69) is 4.98 Å². The molecule has 0 N–H and O–H groups in total. The van der Waals surface area contributed by atoms with Crippen LogP contribution >= 0.6 is 0 Å². The maximum atomic E-state index is 8.70. The normalized spacial score (nSPS) is 9.46. The maximum Gasteiger partial charge on any atom is 0.187 e. The molecule has 3 nitrogen and oxygen atoms in total. The third-order valence-electron chi connectivity index (χ3n) is 1.71. The summed E-state index contributed by atoms with van der Waals surface area (Å²) in [6, 6.07) is 11.4. The molecule has 0 saturated heterocycles. The minimum atomic E-state index is 0.325. The van der Waals surface area contributed by atoms with Crippen LogP contribution in [0.5, 0.6) is 0 Å². The highest BCUT2D eigenvalue weighted by Gasteiger charge is 2.08. The molecule has 0 atom stereocenters. The molecule has 0 aliphatic heterocycles. The molecule has 3 heteroatoms. The summed E-state index contributed by atoms with van der Waals surface area (Å²) in [6.45, 7) is 0. The van der Waals surface area contributed by atoms with Gasteiger partial charge in [-0.3, -0.25) is 0 Å². The van der Waals surface area contributed by atoms with E-state index in [0.29, 0.717) is 11.5 Å². The number of hydrogen-bond donors (Lipinski definition) is 0. The van der Waals surface area contributed by atoms with Gasteiger partial charge in [-0.1, -0.05) is 30.3 Å². The second-order valence-corrected chi connectivity index (χ2v) is 2.51. The van der Waals surface area contributed by atoms with Gasteiger partial charge in [0.25, 0.3) is 0 Å². The van der Waals surface area contributed by atoms with Crippen LogP contribution in [-0.2, 0) is 0 Å². The molecule has 0 bridgehead atoms. The van der Waals surface area contributed by atoms with Crippen LogP contribution in [0.4, 0.5) is 0 Å². The van der Waals surface area contributed by atoms with Gasteiger partial charge in [-0.2, -0.15) is 5.26 Å². The first-order valence-electron chi connectivity index (χ1n) is 3.81. The fourth-order valence-corrected chi connectivity index (χ4v) is 1.12. The molecule has 2 aromatic rings. The molecular weight excluding hydrogens is 164 g/mol. The quantitative estimate of drug-likeness (QED) is 0.659. The Labute approximate surface area is 75.3 Å². The van der Waals surface area contributed by atoms with Crippen molar-refractivity contribution in [2.75, 3.05) is 0 Å². The molecule has 0 unspecified atom stereocenters. The molecule has 1 aromatic carbocycles. The Kier molecular flexibility index (Phi) is 1.81. The van der Waals surface area contributed by atoms with E-state index in [1.807, 2.05) is 36.4 Å². The number of hydrogen-bond acceptors (Lipinski definition) is 3. The lowest BCUT2D eigenvalue weighted by Crippen LogP contribution is -1.78. The highest BCUT2D eigenvalue weighted by molar-refractivity contribution is 5.62. The average molecular weight is 170 g/mol. The first-order valence-corrected chi connectivity index (χ1v) is 3.81. The zero-order chi connectivity index (χ0) is 9.10. The van der Waals surface area contributed by atoms with Crippen LogP contribution in [0.2, 0.25) is 0 Å². The van der Waals surface area contributed by atoms with Crippen LogP contribution in [0.15, 0.2) is 41.1 Å². The summed E-state index contributed by atoms with van der Waals surface area (Å²) in [4.78, 5) is 3.78. The third kappa shape index (κ3) is 1.30. The standard InChI is InChI=1S/C10H6N2O/c11-6-9-10(13-7-12-9)8-4-2-1-3-5-8/h1-5,7H. The lowest BCUT2D eigenvalue weighted by molar-refractivity contribution is 0.572. The monoisotopic (exact) mass is 170 g/mol. The van der Waals surface area contributed by atoms with Gasteiger partial charge in [-0.15, -0.1) is 0 Å². The summed E-state index contributed by atoms with van der Waals surface area (Å²) in [5.74, 6) is 0.531. The Bertz CT molecular complexity index is 439. The Morgan fingerprint density at radius 3 is 2.69 bits per heavy atom. The van der Waals surface area contributed by atoms with Crippen molar-refractivity contribution < 1.29 is 4.42 Å². The van der Waals surface area contributed by atoms with Gasteiger partial charge < -0.3 is 4.42 Å².